The van der Waals surface area contributed by atoms with Crippen molar-refractivity contribution < 1.29 is 14.7 Å². The monoisotopic (exact) mass is 410 g/mol. The molecule has 4 rings (SSSR count). The first-order valence-electron chi connectivity index (χ1n) is 10.1. The van der Waals surface area contributed by atoms with E-state index in [1.807, 2.05) is 6.07 Å². The number of aromatic nitrogens is 3. The SMILES string of the molecule is CN(C)C(=O)c1cc2cnc(NC3C=CC(C(=O)O)=CN3C)nc2n1C1CCCC1. The maximum absolute atomic E-state index is 12.8. The molecule has 2 aromatic rings. The smallest absolute Gasteiger partial charge is 0.337 e. The summed E-state index contributed by atoms with van der Waals surface area (Å²) in [5, 5.41) is 13.2. The number of nitrogens with one attached hydrogen (secondary N) is 1. The van der Waals surface area contributed by atoms with Gasteiger partial charge in [0, 0.05) is 45.0 Å². The molecule has 1 fully saturated rings. The van der Waals surface area contributed by atoms with Gasteiger partial charge in [0.05, 0.1) is 5.57 Å². The topological polar surface area (TPSA) is 104 Å². The van der Waals surface area contributed by atoms with Crippen LogP contribution in [-0.4, -0.2) is 68.6 Å². The highest BCUT2D eigenvalue weighted by Crippen LogP contribution is 2.34. The Morgan fingerprint density at radius 2 is 2.00 bits per heavy atom. The van der Waals surface area contributed by atoms with E-state index in [4.69, 9.17) is 10.1 Å². The van der Waals surface area contributed by atoms with E-state index in [2.05, 4.69) is 14.9 Å². The van der Waals surface area contributed by atoms with Gasteiger partial charge in [-0.05, 0) is 31.1 Å². The third kappa shape index (κ3) is 3.62. The van der Waals surface area contributed by atoms with Gasteiger partial charge in [0.25, 0.3) is 5.91 Å². The van der Waals surface area contributed by atoms with E-state index in [-0.39, 0.29) is 23.7 Å². The van der Waals surface area contributed by atoms with Crippen LogP contribution in [0, 0.1) is 0 Å². The number of aliphatic carboxylic acids is 1. The molecule has 158 valence electrons. The number of hydrogen-bond donors (Lipinski definition) is 2. The van der Waals surface area contributed by atoms with Gasteiger partial charge in [0.1, 0.15) is 17.5 Å². The number of fused-ring (bicyclic) bond motifs is 1. The van der Waals surface area contributed by atoms with E-state index in [1.165, 1.54) is 0 Å². The third-order valence-corrected chi connectivity index (χ3v) is 5.65. The molecule has 0 bridgehead atoms. The van der Waals surface area contributed by atoms with Crippen molar-refractivity contribution >= 4 is 28.9 Å². The van der Waals surface area contributed by atoms with Crippen LogP contribution in [0.2, 0.25) is 0 Å². The number of rotatable bonds is 5. The highest BCUT2D eigenvalue weighted by molar-refractivity contribution is 5.97. The van der Waals surface area contributed by atoms with Crippen molar-refractivity contribution in [2.75, 3.05) is 26.5 Å². The van der Waals surface area contributed by atoms with Crippen LogP contribution in [0.15, 0.2) is 36.2 Å². The third-order valence-electron chi connectivity index (χ3n) is 5.65. The lowest BCUT2D eigenvalue weighted by Gasteiger charge is -2.28. The molecule has 1 aliphatic heterocycles. The quantitative estimate of drug-likeness (QED) is 0.780. The number of nitrogens with zero attached hydrogens (tertiary/aromatic N) is 5. The van der Waals surface area contributed by atoms with E-state index < -0.39 is 5.97 Å². The molecule has 1 unspecified atom stereocenters. The van der Waals surface area contributed by atoms with Crippen LogP contribution < -0.4 is 5.32 Å². The molecule has 0 spiro atoms. The second-order valence-corrected chi connectivity index (χ2v) is 8.01. The predicted octanol–water partition coefficient (Wildman–Crippen LogP) is 2.46. The Morgan fingerprint density at radius 3 is 2.63 bits per heavy atom. The first kappa shape index (κ1) is 19.9. The molecule has 1 saturated carbocycles. The first-order valence-corrected chi connectivity index (χ1v) is 10.1. The van der Waals surface area contributed by atoms with Gasteiger partial charge >= 0.3 is 5.97 Å². The van der Waals surface area contributed by atoms with Gasteiger partial charge in [-0.15, -0.1) is 0 Å². The van der Waals surface area contributed by atoms with Crippen molar-refractivity contribution in [2.24, 2.45) is 0 Å². The summed E-state index contributed by atoms with van der Waals surface area (Å²) in [4.78, 5) is 36.4. The molecule has 2 aliphatic rings. The summed E-state index contributed by atoms with van der Waals surface area (Å²) in [6.07, 6.45) is 10.7. The van der Waals surface area contributed by atoms with Crippen molar-refractivity contribution in [3.63, 3.8) is 0 Å². The van der Waals surface area contributed by atoms with E-state index in [9.17, 15) is 9.59 Å². The summed E-state index contributed by atoms with van der Waals surface area (Å²) in [6.45, 7) is 0. The largest absolute Gasteiger partial charge is 0.478 e. The predicted molar refractivity (Wildman–Crippen MR) is 113 cm³/mol. The van der Waals surface area contributed by atoms with Crippen molar-refractivity contribution in [3.8, 4) is 0 Å². The molecule has 9 heteroatoms. The Labute approximate surface area is 174 Å². The van der Waals surface area contributed by atoms with Gasteiger partial charge in [-0.1, -0.05) is 12.8 Å². The molecular formula is C21H26N6O3. The molecule has 9 nitrogen and oxygen atoms in total. The van der Waals surface area contributed by atoms with Crippen LogP contribution in [0.3, 0.4) is 0 Å². The van der Waals surface area contributed by atoms with Gasteiger partial charge in [-0.2, -0.15) is 4.98 Å². The number of amides is 1. The number of carboxylic acids is 1. The zero-order valence-corrected chi connectivity index (χ0v) is 17.4. The molecule has 0 saturated heterocycles. The minimum absolute atomic E-state index is 0.0457. The Hall–Kier alpha value is -3.36. The highest BCUT2D eigenvalue weighted by Gasteiger charge is 2.27. The van der Waals surface area contributed by atoms with Crippen LogP contribution in [0.25, 0.3) is 11.0 Å². The van der Waals surface area contributed by atoms with Crippen LogP contribution in [0.5, 0.6) is 0 Å². The lowest BCUT2D eigenvalue weighted by molar-refractivity contribution is -0.132. The average molecular weight is 410 g/mol. The second kappa shape index (κ2) is 7.81. The van der Waals surface area contributed by atoms with Crippen LogP contribution in [-0.2, 0) is 4.79 Å². The Kier molecular flexibility index (Phi) is 5.19. The second-order valence-electron chi connectivity index (χ2n) is 8.01. The van der Waals surface area contributed by atoms with Gasteiger partial charge in [-0.3, -0.25) is 4.79 Å². The molecule has 2 N–H and O–H groups in total. The first-order chi connectivity index (χ1) is 14.3. The summed E-state index contributed by atoms with van der Waals surface area (Å²) >= 11 is 0. The van der Waals surface area contributed by atoms with Crippen molar-refractivity contribution in [1.29, 1.82) is 0 Å². The van der Waals surface area contributed by atoms with Crippen molar-refractivity contribution in [2.45, 2.75) is 37.9 Å². The molecule has 30 heavy (non-hydrogen) atoms. The van der Waals surface area contributed by atoms with E-state index in [0.29, 0.717) is 11.6 Å². The zero-order chi connectivity index (χ0) is 21.4. The van der Waals surface area contributed by atoms with Gasteiger partial charge < -0.3 is 24.8 Å². The number of anilines is 1. The molecule has 0 aromatic carbocycles. The lowest BCUT2D eigenvalue weighted by Crippen LogP contribution is -2.36. The van der Waals surface area contributed by atoms with Crippen LogP contribution >= 0.6 is 0 Å². The van der Waals surface area contributed by atoms with Gasteiger partial charge in [0.2, 0.25) is 5.95 Å². The number of hydrogen-bond acceptors (Lipinski definition) is 6. The zero-order valence-electron chi connectivity index (χ0n) is 17.4. The summed E-state index contributed by atoms with van der Waals surface area (Å²) in [6, 6.07) is 2.12. The summed E-state index contributed by atoms with van der Waals surface area (Å²) < 4.78 is 2.07. The summed E-state index contributed by atoms with van der Waals surface area (Å²) in [7, 11) is 5.29. The molecular weight excluding hydrogens is 384 g/mol. The number of carboxylic acid groups (broad SMARTS) is 1. The molecule has 1 atom stereocenters. The minimum Gasteiger partial charge on any atom is -0.478 e. The van der Waals surface area contributed by atoms with E-state index in [1.54, 1.807) is 55.5 Å². The standard InChI is InChI=1S/C21H26N6O3/c1-25(2)19(28)16-10-14-11-22-21(24-18(14)27(16)15-6-4-5-7-15)23-17-9-8-13(20(29)30)12-26(17)3/h8-12,15,17H,4-7H2,1-3H3,(H,29,30)(H,22,23,24). The summed E-state index contributed by atoms with van der Waals surface area (Å²) in [5.41, 5.74) is 1.60. The Morgan fingerprint density at radius 1 is 1.27 bits per heavy atom. The maximum atomic E-state index is 12.8. The van der Waals surface area contributed by atoms with E-state index in [0.717, 1.165) is 36.7 Å². The molecule has 3 heterocycles. The fraction of sp³-hybridized carbons (Fsp3) is 0.429. The number of likely N-dealkylation sites (N-methyl/N-ethyl adjacent to an activating group) is 1. The van der Waals surface area contributed by atoms with Crippen LogP contribution in [0.1, 0.15) is 42.2 Å². The lowest BCUT2D eigenvalue weighted by atomic mass is 10.2. The molecule has 1 aliphatic carbocycles. The number of carbonyl (C=O) groups is 2. The highest BCUT2D eigenvalue weighted by atomic mass is 16.4. The molecule has 2 aromatic heterocycles. The van der Waals surface area contributed by atoms with Gasteiger partial charge in [-0.25, -0.2) is 9.78 Å². The van der Waals surface area contributed by atoms with Crippen molar-refractivity contribution in [3.05, 3.63) is 41.9 Å². The minimum atomic E-state index is -0.971. The Bertz CT molecular complexity index is 1050. The number of carbonyl (C=O) groups excluding carboxylic acids is 1. The van der Waals surface area contributed by atoms with E-state index >= 15 is 0 Å². The summed E-state index contributed by atoms with van der Waals surface area (Å²) in [5.74, 6) is -0.588. The fourth-order valence-electron chi connectivity index (χ4n) is 4.09. The normalized spacial score (nSPS) is 19.2. The Balaban J connectivity index is 1.68. The van der Waals surface area contributed by atoms with Crippen LogP contribution in [0.4, 0.5) is 5.95 Å². The van der Waals surface area contributed by atoms with Gasteiger partial charge in [0.15, 0.2) is 0 Å². The average Bonchev–Trinajstić information content (AvgIpc) is 3.35. The maximum Gasteiger partial charge on any atom is 0.337 e. The fourth-order valence-corrected chi connectivity index (χ4v) is 4.09. The molecule has 0 radical (unpaired) electrons. The molecule has 1 amide bonds. The van der Waals surface area contributed by atoms with Crippen molar-refractivity contribution in [1.82, 2.24) is 24.3 Å².